The molecule has 0 bridgehead atoms. The second-order valence-electron chi connectivity index (χ2n) is 4.34. The van der Waals surface area contributed by atoms with Crippen LogP contribution in [0.1, 0.15) is 11.1 Å². The SMILES string of the molecule is COc1ccc(CCl)cc1Oc1cc(CCl)ccc1OC. The van der Waals surface area contributed by atoms with Gasteiger partial charge < -0.3 is 14.2 Å². The van der Waals surface area contributed by atoms with Crippen molar-refractivity contribution in [2.75, 3.05) is 14.2 Å². The molecule has 0 aliphatic carbocycles. The van der Waals surface area contributed by atoms with Gasteiger partial charge in [-0.25, -0.2) is 0 Å². The normalized spacial score (nSPS) is 10.3. The van der Waals surface area contributed by atoms with Gasteiger partial charge in [-0.05, 0) is 35.4 Å². The molecule has 0 saturated heterocycles. The molecule has 2 aromatic carbocycles. The summed E-state index contributed by atoms with van der Waals surface area (Å²) in [5.74, 6) is 3.23. The van der Waals surface area contributed by atoms with Gasteiger partial charge in [-0.3, -0.25) is 0 Å². The average Bonchev–Trinajstić information content (AvgIpc) is 2.54. The Kier molecular flexibility index (Phi) is 5.59. The van der Waals surface area contributed by atoms with Gasteiger partial charge in [0, 0.05) is 11.8 Å². The Hall–Kier alpha value is -1.58. The van der Waals surface area contributed by atoms with Gasteiger partial charge in [0.25, 0.3) is 0 Å². The molecule has 0 aromatic heterocycles. The van der Waals surface area contributed by atoms with Crippen molar-refractivity contribution in [1.82, 2.24) is 0 Å². The summed E-state index contributed by atoms with van der Waals surface area (Å²) < 4.78 is 16.6. The van der Waals surface area contributed by atoms with Crippen molar-refractivity contribution in [3.8, 4) is 23.0 Å². The molecule has 0 N–H and O–H groups in total. The highest BCUT2D eigenvalue weighted by atomic mass is 35.5. The van der Waals surface area contributed by atoms with E-state index in [2.05, 4.69) is 0 Å². The van der Waals surface area contributed by atoms with Crippen molar-refractivity contribution in [2.24, 2.45) is 0 Å². The molecule has 0 atom stereocenters. The largest absolute Gasteiger partial charge is 0.493 e. The molecule has 0 radical (unpaired) electrons. The average molecular weight is 327 g/mol. The summed E-state index contributed by atoms with van der Waals surface area (Å²) >= 11 is 11.7. The molecule has 2 aromatic rings. The van der Waals surface area contributed by atoms with Crippen LogP contribution < -0.4 is 14.2 Å². The fourth-order valence-electron chi connectivity index (χ4n) is 1.89. The van der Waals surface area contributed by atoms with Gasteiger partial charge in [0.1, 0.15) is 0 Å². The van der Waals surface area contributed by atoms with Crippen LogP contribution in [-0.2, 0) is 11.8 Å². The molecule has 0 saturated carbocycles. The number of halogens is 2. The van der Waals surface area contributed by atoms with E-state index in [0.29, 0.717) is 34.8 Å². The second-order valence-corrected chi connectivity index (χ2v) is 4.87. The van der Waals surface area contributed by atoms with E-state index in [0.717, 1.165) is 11.1 Å². The minimum Gasteiger partial charge on any atom is -0.493 e. The molecule has 0 heterocycles. The first-order valence-electron chi connectivity index (χ1n) is 6.35. The highest BCUT2D eigenvalue weighted by Gasteiger charge is 2.11. The highest BCUT2D eigenvalue weighted by molar-refractivity contribution is 6.17. The van der Waals surface area contributed by atoms with E-state index in [4.69, 9.17) is 37.4 Å². The quantitative estimate of drug-likeness (QED) is 0.701. The van der Waals surface area contributed by atoms with Gasteiger partial charge in [0.05, 0.1) is 14.2 Å². The number of rotatable bonds is 6. The fourth-order valence-corrected chi connectivity index (χ4v) is 2.22. The van der Waals surface area contributed by atoms with Crippen LogP contribution >= 0.6 is 23.2 Å². The molecule has 112 valence electrons. The zero-order valence-corrected chi connectivity index (χ0v) is 13.4. The Morgan fingerprint density at radius 2 is 1.14 bits per heavy atom. The standard InChI is InChI=1S/C16H16Cl2O3/c1-19-13-5-3-11(9-17)7-15(13)21-16-8-12(10-18)4-6-14(16)20-2/h3-8H,9-10H2,1-2H3. The number of hydrogen-bond donors (Lipinski definition) is 0. The maximum Gasteiger partial charge on any atom is 0.169 e. The molecule has 0 unspecified atom stereocenters. The van der Waals surface area contributed by atoms with E-state index in [9.17, 15) is 0 Å². The smallest absolute Gasteiger partial charge is 0.169 e. The number of benzene rings is 2. The Bertz CT molecular complexity index is 561. The minimum absolute atomic E-state index is 0.402. The van der Waals surface area contributed by atoms with Crippen LogP contribution in [0.25, 0.3) is 0 Å². The van der Waals surface area contributed by atoms with Crippen molar-refractivity contribution in [3.63, 3.8) is 0 Å². The summed E-state index contributed by atoms with van der Waals surface area (Å²) in [5.41, 5.74) is 1.89. The van der Waals surface area contributed by atoms with Crippen LogP contribution in [-0.4, -0.2) is 14.2 Å². The van der Waals surface area contributed by atoms with Crippen molar-refractivity contribution in [1.29, 1.82) is 0 Å². The van der Waals surface area contributed by atoms with Gasteiger partial charge in [-0.1, -0.05) is 12.1 Å². The molecule has 3 nitrogen and oxygen atoms in total. The van der Waals surface area contributed by atoms with Crippen LogP contribution in [0, 0.1) is 0 Å². The number of alkyl halides is 2. The number of ether oxygens (including phenoxy) is 3. The molecule has 0 amide bonds. The Morgan fingerprint density at radius 3 is 1.48 bits per heavy atom. The van der Waals surface area contributed by atoms with E-state index in [1.165, 1.54) is 0 Å². The maximum atomic E-state index is 5.94. The van der Waals surface area contributed by atoms with Crippen molar-refractivity contribution in [2.45, 2.75) is 11.8 Å². The van der Waals surface area contributed by atoms with Crippen molar-refractivity contribution in [3.05, 3.63) is 47.5 Å². The maximum absolute atomic E-state index is 5.94. The lowest BCUT2D eigenvalue weighted by molar-refractivity contribution is 0.356. The number of methoxy groups -OCH3 is 2. The molecule has 0 spiro atoms. The highest BCUT2D eigenvalue weighted by Crippen LogP contribution is 2.37. The van der Waals surface area contributed by atoms with E-state index < -0.39 is 0 Å². The lowest BCUT2D eigenvalue weighted by Gasteiger charge is -2.14. The van der Waals surface area contributed by atoms with Crippen LogP contribution in [0.3, 0.4) is 0 Å². The molecular weight excluding hydrogens is 311 g/mol. The molecule has 0 aliphatic rings. The topological polar surface area (TPSA) is 27.7 Å². The van der Waals surface area contributed by atoms with Crippen molar-refractivity contribution >= 4 is 23.2 Å². The predicted molar refractivity (Wildman–Crippen MR) is 85.2 cm³/mol. The third-order valence-corrected chi connectivity index (χ3v) is 3.60. The van der Waals surface area contributed by atoms with E-state index in [-0.39, 0.29) is 0 Å². The zero-order chi connectivity index (χ0) is 15.2. The van der Waals surface area contributed by atoms with Gasteiger partial charge in [0.15, 0.2) is 23.0 Å². The van der Waals surface area contributed by atoms with E-state index >= 15 is 0 Å². The summed E-state index contributed by atoms with van der Waals surface area (Å²) in [6, 6.07) is 11.1. The van der Waals surface area contributed by atoms with Gasteiger partial charge in [-0.15, -0.1) is 23.2 Å². The first-order chi connectivity index (χ1) is 10.2. The second kappa shape index (κ2) is 7.43. The Morgan fingerprint density at radius 1 is 0.714 bits per heavy atom. The summed E-state index contributed by atoms with van der Waals surface area (Å²) in [5, 5.41) is 0. The molecule has 0 fully saturated rings. The van der Waals surface area contributed by atoms with Crippen molar-refractivity contribution < 1.29 is 14.2 Å². The third-order valence-electron chi connectivity index (χ3n) is 2.98. The first-order valence-corrected chi connectivity index (χ1v) is 7.42. The first kappa shape index (κ1) is 15.8. The van der Waals surface area contributed by atoms with Crippen LogP contribution in [0.2, 0.25) is 0 Å². The Balaban J connectivity index is 2.40. The van der Waals surface area contributed by atoms with E-state index in [1.807, 2.05) is 36.4 Å². The molecule has 5 heteroatoms. The van der Waals surface area contributed by atoms with Gasteiger partial charge in [-0.2, -0.15) is 0 Å². The lowest BCUT2D eigenvalue weighted by Crippen LogP contribution is -1.95. The van der Waals surface area contributed by atoms with Crippen LogP contribution in [0.15, 0.2) is 36.4 Å². The monoisotopic (exact) mass is 326 g/mol. The van der Waals surface area contributed by atoms with Crippen LogP contribution in [0.5, 0.6) is 23.0 Å². The molecule has 2 rings (SSSR count). The molecule has 21 heavy (non-hydrogen) atoms. The van der Waals surface area contributed by atoms with Gasteiger partial charge in [0.2, 0.25) is 0 Å². The number of hydrogen-bond acceptors (Lipinski definition) is 3. The summed E-state index contributed by atoms with van der Waals surface area (Å²) in [6.07, 6.45) is 0. The minimum atomic E-state index is 0.402. The molecule has 0 aliphatic heterocycles. The summed E-state index contributed by atoms with van der Waals surface area (Å²) in [6.45, 7) is 0. The lowest BCUT2D eigenvalue weighted by atomic mass is 10.2. The summed E-state index contributed by atoms with van der Waals surface area (Å²) in [4.78, 5) is 0. The fraction of sp³-hybridized carbons (Fsp3) is 0.250. The van der Waals surface area contributed by atoms with Gasteiger partial charge >= 0.3 is 0 Å². The third kappa shape index (κ3) is 3.74. The van der Waals surface area contributed by atoms with E-state index in [1.54, 1.807) is 14.2 Å². The zero-order valence-electron chi connectivity index (χ0n) is 11.9. The predicted octanol–water partition coefficient (Wildman–Crippen LogP) is 4.97. The molecular formula is C16H16Cl2O3. The summed E-state index contributed by atoms with van der Waals surface area (Å²) in [7, 11) is 3.18. The van der Waals surface area contributed by atoms with Crippen LogP contribution in [0.4, 0.5) is 0 Å². The Labute approximate surface area is 134 Å².